The summed E-state index contributed by atoms with van der Waals surface area (Å²) < 4.78 is 0. The van der Waals surface area contributed by atoms with E-state index in [2.05, 4.69) is 24.0 Å². The number of rotatable bonds is 3. The first-order valence-electron chi connectivity index (χ1n) is 5.39. The Kier molecular flexibility index (Phi) is 3.36. The molecule has 2 nitrogen and oxygen atoms in total. The van der Waals surface area contributed by atoms with Crippen molar-refractivity contribution in [2.24, 2.45) is 0 Å². The van der Waals surface area contributed by atoms with E-state index < -0.39 is 6.10 Å². The molecule has 1 unspecified atom stereocenters. The van der Waals surface area contributed by atoms with E-state index in [0.717, 1.165) is 22.7 Å². The average Bonchev–Trinajstić information content (AvgIpc) is 2.75. The Hall–Kier alpha value is -1.19. The number of thiazole rings is 1. The summed E-state index contributed by atoms with van der Waals surface area (Å²) in [5.41, 5.74) is 2.93. The lowest BCUT2D eigenvalue weighted by Crippen LogP contribution is -2.00. The number of aryl methyl sites for hydroxylation is 2. The van der Waals surface area contributed by atoms with Crippen molar-refractivity contribution in [1.29, 1.82) is 0 Å². The second kappa shape index (κ2) is 4.76. The van der Waals surface area contributed by atoms with Crippen LogP contribution in [-0.4, -0.2) is 10.1 Å². The molecule has 0 bridgehead atoms. The minimum absolute atomic E-state index is 0.601. The first-order chi connectivity index (χ1) is 7.70. The molecule has 2 aromatic rings. The van der Waals surface area contributed by atoms with E-state index in [-0.39, 0.29) is 0 Å². The fourth-order valence-electron chi connectivity index (χ4n) is 1.61. The van der Waals surface area contributed by atoms with Crippen LogP contribution in [0, 0.1) is 6.92 Å². The third-order valence-corrected chi connectivity index (χ3v) is 3.41. The van der Waals surface area contributed by atoms with Crippen LogP contribution in [0.3, 0.4) is 0 Å². The van der Waals surface area contributed by atoms with Gasteiger partial charge in [-0.3, -0.25) is 0 Å². The van der Waals surface area contributed by atoms with Crippen LogP contribution in [0.1, 0.15) is 34.9 Å². The average molecular weight is 233 g/mol. The van der Waals surface area contributed by atoms with Crippen molar-refractivity contribution >= 4 is 11.3 Å². The maximum atomic E-state index is 10.1. The predicted molar refractivity (Wildman–Crippen MR) is 66.7 cm³/mol. The van der Waals surface area contributed by atoms with Gasteiger partial charge in [-0.2, -0.15) is 0 Å². The molecule has 1 atom stereocenters. The molecule has 0 amide bonds. The zero-order chi connectivity index (χ0) is 11.5. The van der Waals surface area contributed by atoms with Gasteiger partial charge in [-0.15, -0.1) is 11.3 Å². The third-order valence-electron chi connectivity index (χ3n) is 2.62. The van der Waals surface area contributed by atoms with Gasteiger partial charge in [0.25, 0.3) is 0 Å². The maximum Gasteiger partial charge on any atom is 0.122 e. The number of hydrogen-bond donors (Lipinski definition) is 1. The molecule has 16 heavy (non-hydrogen) atoms. The smallest absolute Gasteiger partial charge is 0.122 e. The molecule has 2 rings (SSSR count). The summed E-state index contributed by atoms with van der Waals surface area (Å²) in [6, 6.07) is 8.05. The SMILES string of the molecule is CCc1ccc(C(O)c2csc(C)n2)cc1. The van der Waals surface area contributed by atoms with E-state index in [4.69, 9.17) is 0 Å². The van der Waals surface area contributed by atoms with Crippen molar-refractivity contribution in [2.75, 3.05) is 0 Å². The molecule has 0 aliphatic carbocycles. The first-order valence-corrected chi connectivity index (χ1v) is 6.27. The number of aliphatic hydroxyl groups excluding tert-OH is 1. The quantitative estimate of drug-likeness (QED) is 0.883. The van der Waals surface area contributed by atoms with Gasteiger partial charge in [0.05, 0.1) is 10.7 Å². The van der Waals surface area contributed by atoms with E-state index in [1.165, 1.54) is 5.56 Å². The second-order valence-electron chi connectivity index (χ2n) is 3.79. The summed E-state index contributed by atoms with van der Waals surface area (Å²) in [4.78, 5) is 4.30. The summed E-state index contributed by atoms with van der Waals surface area (Å²) in [6.45, 7) is 4.07. The Morgan fingerprint density at radius 2 is 2.00 bits per heavy atom. The molecular formula is C13H15NOS. The van der Waals surface area contributed by atoms with Gasteiger partial charge in [0.15, 0.2) is 0 Å². The fourth-order valence-corrected chi connectivity index (χ4v) is 2.24. The van der Waals surface area contributed by atoms with E-state index in [1.54, 1.807) is 11.3 Å². The van der Waals surface area contributed by atoms with Crippen LogP contribution in [0.2, 0.25) is 0 Å². The number of aromatic nitrogens is 1. The van der Waals surface area contributed by atoms with Crippen molar-refractivity contribution in [2.45, 2.75) is 26.4 Å². The molecule has 0 aliphatic rings. The van der Waals surface area contributed by atoms with E-state index >= 15 is 0 Å². The highest BCUT2D eigenvalue weighted by atomic mass is 32.1. The van der Waals surface area contributed by atoms with Crippen LogP contribution >= 0.6 is 11.3 Å². The maximum absolute atomic E-state index is 10.1. The summed E-state index contributed by atoms with van der Waals surface area (Å²) in [6.07, 6.45) is 0.419. The highest BCUT2D eigenvalue weighted by Gasteiger charge is 2.12. The lowest BCUT2D eigenvalue weighted by molar-refractivity contribution is 0.216. The highest BCUT2D eigenvalue weighted by molar-refractivity contribution is 7.09. The minimum atomic E-state index is -0.601. The zero-order valence-corrected chi connectivity index (χ0v) is 10.3. The molecular weight excluding hydrogens is 218 g/mol. The molecule has 3 heteroatoms. The van der Waals surface area contributed by atoms with Gasteiger partial charge in [-0.1, -0.05) is 31.2 Å². The molecule has 1 aromatic carbocycles. The van der Waals surface area contributed by atoms with Crippen LogP contribution in [-0.2, 0) is 6.42 Å². The molecule has 1 heterocycles. The molecule has 1 N–H and O–H groups in total. The third kappa shape index (κ3) is 2.31. The summed E-state index contributed by atoms with van der Waals surface area (Å²) in [7, 11) is 0. The topological polar surface area (TPSA) is 33.1 Å². The van der Waals surface area contributed by atoms with Crippen LogP contribution < -0.4 is 0 Å². The molecule has 0 fully saturated rings. The highest BCUT2D eigenvalue weighted by Crippen LogP contribution is 2.23. The molecule has 0 saturated heterocycles. The summed E-state index contributed by atoms with van der Waals surface area (Å²) in [5.74, 6) is 0. The van der Waals surface area contributed by atoms with Gasteiger partial charge in [0, 0.05) is 5.38 Å². The van der Waals surface area contributed by atoms with Crippen molar-refractivity contribution in [3.8, 4) is 0 Å². The lowest BCUT2D eigenvalue weighted by Gasteiger charge is -2.08. The Morgan fingerprint density at radius 3 is 2.50 bits per heavy atom. The van der Waals surface area contributed by atoms with Crippen molar-refractivity contribution in [1.82, 2.24) is 4.98 Å². The number of nitrogens with zero attached hydrogens (tertiary/aromatic N) is 1. The number of aliphatic hydroxyl groups is 1. The van der Waals surface area contributed by atoms with Crippen LogP contribution in [0.25, 0.3) is 0 Å². The number of hydrogen-bond acceptors (Lipinski definition) is 3. The van der Waals surface area contributed by atoms with Crippen LogP contribution in [0.4, 0.5) is 0 Å². The molecule has 0 aliphatic heterocycles. The standard InChI is InChI=1S/C13H15NOS/c1-3-10-4-6-11(7-5-10)13(15)12-8-16-9(2)14-12/h4-8,13,15H,3H2,1-2H3. The molecule has 0 radical (unpaired) electrons. The molecule has 0 spiro atoms. The Balaban J connectivity index is 2.23. The Morgan fingerprint density at radius 1 is 1.31 bits per heavy atom. The Bertz CT molecular complexity index is 461. The molecule has 84 valence electrons. The monoisotopic (exact) mass is 233 g/mol. The van der Waals surface area contributed by atoms with Gasteiger partial charge in [0.1, 0.15) is 6.10 Å². The van der Waals surface area contributed by atoms with Gasteiger partial charge in [-0.25, -0.2) is 4.98 Å². The van der Waals surface area contributed by atoms with Gasteiger partial charge < -0.3 is 5.11 Å². The first kappa shape index (κ1) is 11.3. The molecule has 1 aromatic heterocycles. The number of benzene rings is 1. The van der Waals surface area contributed by atoms with Crippen molar-refractivity contribution in [3.05, 3.63) is 51.5 Å². The normalized spacial score (nSPS) is 12.7. The van der Waals surface area contributed by atoms with Crippen molar-refractivity contribution < 1.29 is 5.11 Å². The summed E-state index contributed by atoms with van der Waals surface area (Å²) in [5, 5.41) is 13.0. The summed E-state index contributed by atoms with van der Waals surface area (Å²) >= 11 is 1.56. The van der Waals surface area contributed by atoms with Gasteiger partial charge in [-0.05, 0) is 24.5 Å². The largest absolute Gasteiger partial charge is 0.382 e. The van der Waals surface area contributed by atoms with Gasteiger partial charge in [0.2, 0.25) is 0 Å². The minimum Gasteiger partial charge on any atom is -0.382 e. The predicted octanol–water partition coefficient (Wildman–Crippen LogP) is 3.10. The van der Waals surface area contributed by atoms with Gasteiger partial charge >= 0.3 is 0 Å². The van der Waals surface area contributed by atoms with Crippen LogP contribution in [0.5, 0.6) is 0 Å². The van der Waals surface area contributed by atoms with E-state index in [9.17, 15) is 5.11 Å². The van der Waals surface area contributed by atoms with Crippen molar-refractivity contribution in [3.63, 3.8) is 0 Å². The second-order valence-corrected chi connectivity index (χ2v) is 4.85. The molecule has 0 saturated carbocycles. The zero-order valence-electron chi connectivity index (χ0n) is 9.47. The van der Waals surface area contributed by atoms with E-state index in [1.807, 2.05) is 24.4 Å². The fraction of sp³-hybridized carbons (Fsp3) is 0.308. The Labute approximate surface area is 99.6 Å². The lowest BCUT2D eigenvalue weighted by atomic mass is 10.0. The van der Waals surface area contributed by atoms with Crippen LogP contribution in [0.15, 0.2) is 29.6 Å². The van der Waals surface area contributed by atoms with E-state index in [0.29, 0.717) is 0 Å².